The van der Waals surface area contributed by atoms with Crippen LogP contribution in [0.25, 0.3) is 0 Å². The first-order chi connectivity index (χ1) is 6.99. The standard InChI is InChI=1S/C9H9F3S.C2H6/c1-3-5-7-8(6-4-2)13-9(10,11)12;1-2/h3-7H,1-2H2;1-2H3/b7-5-,8-6+;. The van der Waals surface area contributed by atoms with Crippen LogP contribution in [-0.4, -0.2) is 5.51 Å². The van der Waals surface area contributed by atoms with Crippen LogP contribution in [0, 0.1) is 0 Å². The molecule has 0 amide bonds. The summed E-state index contributed by atoms with van der Waals surface area (Å²) in [5.74, 6) is 0. The highest BCUT2D eigenvalue weighted by Gasteiger charge is 2.29. The van der Waals surface area contributed by atoms with E-state index in [1.807, 2.05) is 13.8 Å². The van der Waals surface area contributed by atoms with E-state index < -0.39 is 5.51 Å². The maximum Gasteiger partial charge on any atom is 0.446 e. The topological polar surface area (TPSA) is 0 Å². The first kappa shape index (κ1) is 16.5. The van der Waals surface area contributed by atoms with Gasteiger partial charge in [-0.2, -0.15) is 13.2 Å². The lowest BCUT2D eigenvalue weighted by molar-refractivity contribution is -0.0321. The second kappa shape index (κ2) is 9.65. The normalized spacial score (nSPS) is 11.9. The number of rotatable bonds is 4. The van der Waals surface area contributed by atoms with Gasteiger partial charge in [0, 0.05) is 4.91 Å². The maximum atomic E-state index is 11.9. The van der Waals surface area contributed by atoms with Crippen molar-refractivity contribution in [3.8, 4) is 0 Å². The van der Waals surface area contributed by atoms with Gasteiger partial charge < -0.3 is 0 Å². The lowest BCUT2D eigenvalue weighted by atomic mass is 10.4. The minimum atomic E-state index is -4.26. The summed E-state index contributed by atoms with van der Waals surface area (Å²) in [6.07, 6.45) is 6.77. The van der Waals surface area contributed by atoms with Gasteiger partial charge in [0.1, 0.15) is 0 Å². The summed E-state index contributed by atoms with van der Waals surface area (Å²) in [6, 6.07) is 0. The summed E-state index contributed by atoms with van der Waals surface area (Å²) < 4.78 is 35.7. The van der Waals surface area contributed by atoms with Crippen LogP contribution >= 0.6 is 11.8 Å². The van der Waals surface area contributed by atoms with Crippen LogP contribution < -0.4 is 0 Å². The monoisotopic (exact) mass is 236 g/mol. The lowest BCUT2D eigenvalue weighted by Gasteiger charge is -2.04. The third-order valence-electron chi connectivity index (χ3n) is 0.912. The molecule has 0 aromatic heterocycles. The van der Waals surface area contributed by atoms with Gasteiger partial charge in [-0.1, -0.05) is 45.2 Å². The van der Waals surface area contributed by atoms with Crippen LogP contribution in [0.3, 0.4) is 0 Å². The fraction of sp³-hybridized carbons (Fsp3) is 0.273. The van der Waals surface area contributed by atoms with E-state index >= 15 is 0 Å². The molecule has 0 aliphatic rings. The van der Waals surface area contributed by atoms with E-state index in [2.05, 4.69) is 13.2 Å². The smallest absolute Gasteiger partial charge is 0.160 e. The van der Waals surface area contributed by atoms with Gasteiger partial charge in [0.15, 0.2) is 0 Å². The molecule has 0 unspecified atom stereocenters. The molecule has 0 aliphatic heterocycles. The van der Waals surface area contributed by atoms with Crippen molar-refractivity contribution in [1.29, 1.82) is 0 Å². The minimum absolute atomic E-state index is 0.0856. The van der Waals surface area contributed by atoms with Crippen molar-refractivity contribution in [2.75, 3.05) is 0 Å². The Morgan fingerprint density at radius 3 is 2.00 bits per heavy atom. The molecule has 0 aliphatic carbocycles. The predicted molar refractivity (Wildman–Crippen MR) is 62.6 cm³/mol. The molecule has 0 saturated heterocycles. The first-order valence-electron chi connectivity index (χ1n) is 4.37. The predicted octanol–water partition coefficient (Wildman–Crippen LogP) is 5.08. The fourth-order valence-corrected chi connectivity index (χ4v) is 1.11. The Balaban J connectivity index is 0. The molecule has 4 heteroatoms. The molecule has 0 heterocycles. The van der Waals surface area contributed by atoms with Crippen molar-refractivity contribution < 1.29 is 13.2 Å². The molecule has 0 saturated carbocycles. The molecule has 86 valence electrons. The van der Waals surface area contributed by atoms with Crippen molar-refractivity contribution in [2.45, 2.75) is 19.4 Å². The Kier molecular flexibility index (Phi) is 10.6. The van der Waals surface area contributed by atoms with E-state index in [-0.39, 0.29) is 16.7 Å². The Morgan fingerprint density at radius 1 is 1.13 bits per heavy atom. The Morgan fingerprint density at radius 2 is 1.67 bits per heavy atom. The third kappa shape index (κ3) is 13.1. The molecular weight excluding hydrogens is 221 g/mol. The number of alkyl halides is 3. The summed E-state index contributed by atoms with van der Waals surface area (Å²) in [5, 5.41) is 0. The van der Waals surface area contributed by atoms with Crippen LogP contribution in [0.1, 0.15) is 13.8 Å². The molecule has 15 heavy (non-hydrogen) atoms. The SMILES string of the molecule is C=C/C=C\C(=C/C=C)SC(F)(F)F.CC. The van der Waals surface area contributed by atoms with Gasteiger partial charge in [0.05, 0.1) is 0 Å². The highest BCUT2D eigenvalue weighted by Crippen LogP contribution is 2.36. The van der Waals surface area contributed by atoms with Crippen LogP contribution in [-0.2, 0) is 0 Å². The van der Waals surface area contributed by atoms with Crippen molar-refractivity contribution in [1.82, 2.24) is 0 Å². The highest BCUT2D eigenvalue weighted by atomic mass is 32.2. The molecule has 0 atom stereocenters. The van der Waals surface area contributed by atoms with Gasteiger partial charge >= 0.3 is 5.51 Å². The zero-order chi connectivity index (χ0) is 12.3. The molecule has 0 spiro atoms. The summed E-state index contributed by atoms with van der Waals surface area (Å²) in [7, 11) is 0. The van der Waals surface area contributed by atoms with E-state index in [4.69, 9.17) is 0 Å². The van der Waals surface area contributed by atoms with Gasteiger partial charge in [0.2, 0.25) is 0 Å². The summed E-state index contributed by atoms with van der Waals surface area (Å²) in [5.41, 5.74) is -4.26. The summed E-state index contributed by atoms with van der Waals surface area (Å²) >= 11 is -0.178. The van der Waals surface area contributed by atoms with E-state index in [1.165, 1.54) is 30.4 Å². The largest absolute Gasteiger partial charge is 0.446 e. The van der Waals surface area contributed by atoms with Gasteiger partial charge in [-0.3, -0.25) is 0 Å². The molecule has 0 aromatic rings. The molecule has 0 N–H and O–H groups in total. The van der Waals surface area contributed by atoms with Crippen LogP contribution in [0.2, 0.25) is 0 Å². The zero-order valence-electron chi connectivity index (χ0n) is 8.84. The number of hydrogen-bond donors (Lipinski definition) is 0. The molecule has 0 nitrogen and oxygen atoms in total. The van der Waals surface area contributed by atoms with E-state index in [9.17, 15) is 13.2 Å². The number of halogens is 3. The van der Waals surface area contributed by atoms with Gasteiger partial charge in [-0.25, -0.2) is 0 Å². The van der Waals surface area contributed by atoms with Gasteiger partial charge in [-0.05, 0) is 23.9 Å². The first-order valence-corrected chi connectivity index (χ1v) is 5.19. The van der Waals surface area contributed by atoms with Crippen LogP contribution in [0.15, 0.2) is 48.4 Å². The van der Waals surface area contributed by atoms with Crippen LogP contribution in [0.4, 0.5) is 13.2 Å². The Bertz CT molecular complexity index is 237. The van der Waals surface area contributed by atoms with E-state index in [1.54, 1.807) is 0 Å². The average Bonchev–Trinajstić information content (AvgIpc) is 2.15. The minimum Gasteiger partial charge on any atom is -0.160 e. The average molecular weight is 236 g/mol. The highest BCUT2D eigenvalue weighted by molar-refractivity contribution is 8.04. The summed E-state index contributed by atoms with van der Waals surface area (Å²) in [6.45, 7) is 10.7. The number of thioether (sulfide) groups is 1. The molecule has 0 radical (unpaired) electrons. The zero-order valence-corrected chi connectivity index (χ0v) is 9.66. The van der Waals surface area contributed by atoms with Crippen molar-refractivity contribution in [2.24, 2.45) is 0 Å². The molecule has 0 rings (SSSR count). The molecular formula is C11H15F3S. The third-order valence-corrected chi connectivity index (χ3v) is 1.65. The van der Waals surface area contributed by atoms with Crippen molar-refractivity contribution in [3.05, 3.63) is 48.4 Å². The molecule has 0 aromatic carbocycles. The van der Waals surface area contributed by atoms with E-state index in [0.717, 1.165) is 0 Å². The lowest BCUT2D eigenvalue weighted by Crippen LogP contribution is -1.99. The van der Waals surface area contributed by atoms with Gasteiger partial charge in [-0.15, -0.1) is 0 Å². The quantitative estimate of drug-likeness (QED) is 0.613. The maximum absolute atomic E-state index is 11.9. The number of hydrogen-bond acceptors (Lipinski definition) is 1. The van der Waals surface area contributed by atoms with Gasteiger partial charge in [0.25, 0.3) is 0 Å². The molecule has 0 bridgehead atoms. The fourth-order valence-electron chi connectivity index (χ4n) is 0.536. The van der Waals surface area contributed by atoms with Crippen LogP contribution in [0.5, 0.6) is 0 Å². The molecule has 0 fully saturated rings. The van der Waals surface area contributed by atoms with E-state index in [0.29, 0.717) is 0 Å². The van der Waals surface area contributed by atoms with Crippen molar-refractivity contribution >= 4 is 11.8 Å². The Hall–Kier alpha value is -0.900. The van der Waals surface area contributed by atoms with Crippen molar-refractivity contribution in [3.63, 3.8) is 0 Å². The summed E-state index contributed by atoms with van der Waals surface area (Å²) in [4.78, 5) is 0.0856. The Labute approximate surface area is 93.3 Å². The second-order valence-corrected chi connectivity index (χ2v) is 3.09. The second-order valence-electron chi connectivity index (χ2n) is 1.95. The number of allylic oxidation sites excluding steroid dienone is 5.